The van der Waals surface area contributed by atoms with Crippen LogP contribution in [0.5, 0.6) is 5.75 Å². The second-order valence-corrected chi connectivity index (χ2v) is 8.79. The summed E-state index contributed by atoms with van der Waals surface area (Å²) in [5, 5.41) is 8.66. The summed E-state index contributed by atoms with van der Waals surface area (Å²) < 4.78 is 38.4. The van der Waals surface area contributed by atoms with Gasteiger partial charge in [-0.1, -0.05) is 11.6 Å². The van der Waals surface area contributed by atoms with Crippen LogP contribution in [-0.2, 0) is 16.6 Å². The van der Waals surface area contributed by atoms with Crippen LogP contribution in [0.3, 0.4) is 0 Å². The van der Waals surface area contributed by atoms with Crippen LogP contribution >= 0.6 is 11.6 Å². The highest BCUT2D eigenvalue weighted by Gasteiger charge is 2.39. The smallest absolute Gasteiger partial charge is 0.247 e. The first-order valence-corrected chi connectivity index (χ1v) is 10.5. The molecule has 7 nitrogen and oxygen atoms in total. The lowest BCUT2D eigenvalue weighted by Gasteiger charge is -2.20. The minimum atomic E-state index is -3.69. The van der Waals surface area contributed by atoms with Crippen molar-refractivity contribution in [3.05, 3.63) is 59.4 Å². The molecule has 0 amide bonds. The molecule has 0 aliphatic heterocycles. The van der Waals surface area contributed by atoms with Crippen molar-refractivity contribution in [3.8, 4) is 17.2 Å². The molecule has 0 unspecified atom stereocenters. The SMILES string of the molecule is COc1ccc(S(=O)(=O)N(Cc2nnc(-c3ccc(Cl)cc3)o2)C2CC2)cc1. The summed E-state index contributed by atoms with van der Waals surface area (Å²) in [5.41, 5.74) is 0.721. The number of sulfonamides is 1. The predicted molar refractivity (Wildman–Crippen MR) is 103 cm³/mol. The highest BCUT2D eigenvalue weighted by atomic mass is 35.5. The van der Waals surface area contributed by atoms with Gasteiger partial charge >= 0.3 is 0 Å². The molecule has 3 aromatic rings. The van der Waals surface area contributed by atoms with Crippen LogP contribution in [0.15, 0.2) is 57.8 Å². The van der Waals surface area contributed by atoms with Crippen molar-refractivity contribution < 1.29 is 17.6 Å². The molecular formula is C19H18ClN3O4S. The van der Waals surface area contributed by atoms with E-state index in [1.165, 1.54) is 23.5 Å². The molecule has 0 radical (unpaired) electrons. The molecule has 28 heavy (non-hydrogen) atoms. The number of benzene rings is 2. The van der Waals surface area contributed by atoms with E-state index in [-0.39, 0.29) is 23.4 Å². The Bertz CT molecular complexity index is 1060. The Balaban J connectivity index is 1.58. The Morgan fingerprint density at radius 3 is 2.39 bits per heavy atom. The first-order valence-electron chi connectivity index (χ1n) is 8.71. The minimum Gasteiger partial charge on any atom is -0.497 e. The second kappa shape index (κ2) is 7.54. The van der Waals surface area contributed by atoms with E-state index < -0.39 is 10.0 Å². The Morgan fingerprint density at radius 1 is 1.11 bits per heavy atom. The van der Waals surface area contributed by atoms with Gasteiger partial charge in [0, 0.05) is 16.6 Å². The molecule has 1 heterocycles. The number of hydrogen-bond acceptors (Lipinski definition) is 6. The van der Waals surface area contributed by atoms with E-state index in [0.717, 1.165) is 18.4 Å². The summed E-state index contributed by atoms with van der Waals surface area (Å²) in [6, 6.07) is 13.3. The summed E-state index contributed by atoms with van der Waals surface area (Å²) in [6.45, 7) is 0.0274. The molecule has 0 saturated heterocycles. The normalized spacial score (nSPS) is 14.4. The zero-order valence-electron chi connectivity index (χ0n) is 15.1. The van der Waals surface area contributed by atoms with Gasteiger partial charge in [0.2, 0.25) is 21.8 Å². The molecule has 0 spiro atoms. The summed E-state index contributed by atoms with van der Waals surface area (Å²) in [7, 11) is -2.15. The van der Waals surface area contributed by atoms with E-state index in [9.17, 15) is 8.42 Å². The molecule has 1 aliphatic rings. The third-order valence-corrected chi connectivity index (χ3v) is 6.63. The highest BCUT2D eigenvalue weighted by Crippen LogP contribution is 2.34. The predicted octanol–water partition coefficient (Wildman–Crippen LogP) is 3.75. The maximum absolute atomic E-state index is 13.1. The van der Waals surface area contributed by atoms with Crippen LogP contribution in [0.2, 0.25) is 5.02 Å². The van der Waals surface area contributed by atoms with Crippen LogP contribution in [0.1, 0.15) is 18.7 Å². The van der Waals surface area contributed by atoms with E-state index in [2.05, 4.69) is 10.2 Å². The van der Waals surface area contributed by atoms with Gasteiger partial charge in [0.25, 0.3) is 0 Å². The average molecular weight is 420 g/mol. The van der Waals surface area contributed by atoms with Gasteiger partial charge in [-0.2, -0.15) is 4.31 Å². The molecular weight excluding hydrogens is 402 g/mol. The summed E-state index contributed by atoms with van der Waals surface area (Å²) in [5.74, 6) is 1.17. The largest absolute Gasteiger partial charge is 0.497 e. The molecule has 1 fully saturated rings. The Morgan fingerprint density at radius 2 is 1.79 bits per heavy atom. The number of rotatable bonds is 7. The second-order valence-electron chi connectivity index (χ2n) is 6.46. The Hall–Kier alpha value is -2.42. The van der Waals surface area contributed by atoms with Crippen molar-refractivity contribution in [2.75, 3.05) is 7.11 Å². The van der Waals surface area contributed by atoms with Gasteiger partial charge in [0.1, 0.15) is 5.75 Å². The van der Waals surface area contributed by atoms with E-state index in [1.807, 2.05) is 0 Å². The Kier molecular flexibility index (Phi) is 5.09. The van der Waals surface area contributed by atoms with Gasteiger partial charge in [0.15, 0.2) is 0 Å². The minimum absolute atomic E-state index is 0.0274. The van der Waals surface area contributed by atoms with Crippen LogP contribution in [0, 0.1) is 0 Å². The third kappa shape index (κ3) is 3.89. The van der Waals surface area contributed by atoms with Crippen molar-refractivity contribution in [2.24, 2.45) is 0 Å². The zero-order valence-corrected chi connectivity index (χ0v) is 16.7. The molecule has 146 valence electrons. The fraction of sp³-hybridized carbons (Fsp3) is 0.263. The summed E-state index contributed by atoms with van der Waals surface area (Å²) in [4.78, 5) is 0.206. The quantitative estimate of drug-likeness (QED) is 0.579. The number of hydrogen-bond donors (Lipinski definition) is 0. The maximum Gasteiger partial charge on any atom is 0.247 e. The Labute approximate surface area is 168 Å². The summed E-state index contributed by atoms with van der Waals surface area (Å²) in [6.07, 6.45) is 1.63. The van der Waals surface area contributed by atoms with E-state index in [0.29, 0.717) is 16.7 Å². The van der Waals surface area contributed by atoms with Crippen LogP contribution in [0.4, 0.5) is 0 Å². The van der Waals surface area contributed by atoms with Crippen molar-refractivity contribution in [3.63, 3.8) is 0 Å². The van der Waals surface area contributed by atoms with Crippen LogP contribution in [0.25, 0.3) is 11.5 Å². The van der Waals surface area contributed by atoms with Gasteiger partial charge < -0.3 is 9.15 Å². The fourth-order valence-corrected chi connectivity index (χ4v) is 4.58. The van der Waals surface area contributed by atoms with E-state index >= 15 is 0 Å². The molecule has 2 aromatic carbocycles. The highest BCUT2D eigenvalue weighted by molar-refractivity contribution is 7.89. The van der Waals surface area contributed by atoms with Gasteiger partial charge in [-0.25, -0.2) is 8.42 Å². The maximum atomic E-state index is 13.1. The van der Waals surface area contributed by atoms with Crippen molar-refractivity contribution >= 4 is 21.6 Å². The van der Waals surface area contributed by atoms with Crippen molar-refractivity contribution in [1.82, 2.24) is 14.5 Å². The van der Waals surface area contributed by atoms with Crippen molar-refractivity contribution in [1.29, 1.82) is 0 Å². The summed E-state index contributed by atoms with van der Waals surface area (Å²) >= 11 is 5.89. The van der Waals surface area contributed by atoms with Gasteiger partial charge in [-0.3, -0.25) is 0 Å². The standard InChI is InChI=1S/C19H18ClN3O4S/c1-26-16-8-10-17(11-9-16)28(24,25)23(15-6-7-15)12-18-21-22-19(27-18)13-2-4-14(20)5-3-13/h2-5,8-11,15H,6-7,12H2,1H3. The molecule has 1 aliphatic carbocycles. The molecule has 0 N–H and O–H groups in total. The molecule has 9 heteroatoms. The fourth-order valence-electron chi connectivity index (χ4n) is 2.82. The van der Waals surface area contributed by atoms with E-state index in [1.54, 1.807) is 36.4 Å². The molecule has 4 rings (SSSR count). The van der Waals surface area contributed by atoms with Gasteiger partial charge in [0.05, 0.1) is 18.6 Å². The monoisotopic (exact) mass is 419 g/mol. The molecule has 0 atom stereocenters. The van der Waals surface area contributed by atoms with E-state index in [4.69, 9.17) is 20.8 Å². The third-order valence-electron chi connectivity index (χ3n) is 4.47. The lowest BCUT2D eigenvalue weighted by Crippen LogP contribution is -2.32. The first-order chi connectivity index (χ1) is 13.5. The number of aromatic nitrogens is 2. The number of ether oxygens (including phenoxy) is 1. The van der Waals surface area contributed by atoms with Gasteiger partial charge in [-0.15, -0.1) is 10.2 Å². The molecule has 0 bridgehead atoms. The topological polar surface area (TPSA) is 85.5 Å². The van der Waals surface area contributed by atoms with Crippen LogP contribution in [-0.4, -0.2) is 36.1 Å². The van der Waals surface area contributed by atoms with Crippen molar-refractivity contribution in [2.45, 2.75) is 30.3 Å². The first kappa shape index (κ1) is 18.9. The number of methoxy groups -OCH3 is 1. The lowest BCUT2D eigenvalue weighted by atomic mass is 10.2. The number of nitrogens with zero attached hydrogens (tertiary/aromatic N) is 3. The average Bonchev–Trinajstić information content (AvgIpc) is 3.44. The molecule has 1 aromatic heterocycles. The van der Waals surface area contributed by atoms with Crippen LogP contribution < -0.4 is 4.74 Å². The number of halogens is 1. The zero-order chi connectivity index (χ0) is 19.7. The lowest BCUT2D eigenvalue weighted by molar-refractivity contribution is 0.351. The van der Waals surface area contributed by atoms with Gasteiger partial charge in [-0.05, 0) is 61.4 Å². The molecule has 1 saturated carbocycles.